The third-order valence-corrected chi connectivity index (χ3v) is 3.69. The average molecular weight is 273 g/mol. The first-order valence-electron chi connectivity index (χ1n) is 7.12. The van der Waals surface area contributed by atoms with Crippen LogP contribution in [0, 0.1) is 0 Å². The Morgan fingerprint density at radius 1 is 1.50 bits per heavy atom. The van der Waals surface area contributed by atoms with E-state index >= 15 is 0 Å². The molecule has 0 unspecified atom stereocenters. The SMILES string of the molecule is CCc1cn2ccc(C(=O)NC3CCOCC3)cc2n1. The van der Waals surface area contributed by atoms with Crippen LogP contribution in [0.4, 0.5) is 0 Å². The van der Waals surface area contributed by atoms with Gasteiger partial charge >= 0.3 is 0 Å². The molecule has 3 rings (SSSR count). The Morgan fingerprint density at radius 2 is 2.30 bits per heavy atom. The second-order valence-electron chi connectivity index (χ2n) is 5.13. The fourth-order valence-electron chi connectivity index (χ4n) is 2.46. The van der Waals surface area contributed by atoms with Crippen LogP contribution in [0.3, 0.4) is 0 Å². The molecule has 1 N–H and O–H groups in total. The van der Waals surface area contributed by atoms with E-state index in [2.05, 4.69) is 17.2 Å². The van der Waals surface area contributed by atoms with Gasteiger partial charge in [-0.25, -0.2) is 4.98 Å². The zero-order valence-corrected chi connectivity index (χ0v) is 11.6. The van der Waals surface area contributed by atoms with Gasteiger partial charge in [0, 0.05) is 37.2 Å². The zero-order valence-electron chi connectivity index (χ0n) is 11.6. The molecule has 1 aliphatic heterocycles. The molecule has 0 aliphatic carbocycles. The fraction of sp³-hybridized carbons (Fsp3) is 0.467. The number of rotatable bonds is 3. The van der Waals surface area contributed by atoms with Crippen molar-refractivity contribution in [3.63, 3.8) is 0 Å². The van der Waals surface area contributed by atoms with Crippen molar-refractivity contribution in [1.29, 1.82) is 0 Å². The maximum atomic E-state index is 12.2. The van der Waals surface area contributed by atoms with E-state index in [0.29, 0.717) is 5.56 Å². The Morgan fingerprint density at radius 3 is 3.05 bits per heavy atom. The molecule has 0 bridgehead atoms. The third-order valence-electron chi connectivity index (χ3n) is 3.69. The number of hydrogen-bond donors (Lipinski definition) is 1. The van der Waals surface area contributed by atoms with Crippen LogP contribution in [-0.4, -0.2) is 34.5 Å². The molecule has 3 heterocycles. The molecule has 1 aliphatic rings. The first-order valence-corrected chi connectivity index (χ1v) is 7.12. The number of amides is 1. The van der Waals surface area contributed by atoms with Crippen LogP contribution >= 0.6 is 0 Å². The number of carbonyl (C=O) groups is 1. The molecule has 0 aromatic carbocycles. The third kappa shape index (κ3) is 2.67. The largest absolute Gasteiger partial charge is 0.381 e. The number of pyridine rings is 1. The van der Waals surface area contributed by atoms with Crippen molar-refractivity contribution < 1.29 is 9.53 Å². The van der Waals surface area contributed by atoms with Crippen LogP contribution in [-0.2, 0) is 11.2 Å². The summed E-state index contributed by atoms with van der Waals surface area (Å²) in [6.07, 6.45) is 6.55. The Kier molecular flexibility index (Phi) is 3.69. The lowest BCUT2D eigenvalue weighted by molar-refractivity contribution is 0.0696. The van der Waals surface area contributed by atoms with Crippen molar-refractivity contribution in [3.05, 3.63) is 35.8 Å². The Balaban J connectivity index is 1.76. The Labute approximate surface area is 118 Å². The van der Waals surface area contributed by atoms with Crippen LogP contribution in [0.5, 0.6) is 0 Å². The quantitative estimate of drug-likeness (QED) is 0.928. The summed E-state index contributed by atoms with van der Waals surface area (Å²) in [5.41, 5.74) is 2.52. The van der Waals surface area contributed by atoms with Crippen LogP contribution in [0.2, 0.25) is 0 Å². The van der Waals surface area contributed by atoms with E-state index in [-0.39, 0.29) is 11.9 Å². The number of nitrogens with zero attached hydrogens (tertiary/aromatic N) is 2. The highest BCUT2D eigenvalue weighted by Crippen LogP contribution is 2.11. The second kappa shape index (κ2) is 5.63. The van der Waals surface area contributed by atoms with Crippen LogP contribution in [0.15, 0.2) is 24.5 Å². The van der Waals surface area contributed by atoms with Gasteiger partial charge in [-0.3, -0.25) is 4.79 Å². The van der Waals surface area contributed by atoms with E-state index in [1.165, 1.54) is 0 Å². The van der Waals surface area contributed by atoms with E-state index in [0.717, 1.165) is 43.8 Å². The number of fused-ring (bicyclic) bond motifs is 1. The highest BCUT2D eigenvalue weighted by Gasteiger charge is 2.17. The molecule has 0 atom stereocenters. The summed E-state index contributed by atoms with van der Waals surface area (Å²) in [6, 6.07) is 3.90. The number of aryl methyl sites for hydroxylation is 1. The van der Waals surface area contributed by atoms with Gasteiger partial charge in [-0.05, 0) is 31.4 Å². The van der Waals surface area contributed by atoms with Crippen molar-refractivity contribution in [1.82, 2.24) is 14.7 Å². The first kappa shape index (κ1) is 13.1. The first-order chi connectivity index (χ1) is 9.76. The molecule has 106 valence electrons. The molecule has 2 aromatic rings. The fourth-order valence-corrected chi connectivity index (χ4v) is 2.46. The van der Waals surface area contributed by atoms with Crippen molar-refractivity contribution in [2.24, 2.45) is 0 Å². The second-order valence-corrected chi connectivity index (χ2v) is 5.13. The molecule has 0 saturated carbocycles. The summed E-state index contributed by atoms with van der Waals surface area (Å²) >= 11 is 0. The molecule has 2 aromatic heterocycles. The monoisotopic (exact) mass is 273 g/mol. The van der Waals surface area contributed by atoms with Gasteiger partial charge in [-0.15, -0.1) is 0 Å². The summed E-state index contributed by atoms with van der Waals surface area (Å²) in [5, 5.41) is 3.06. The van der Waals surface area contributed by atoms with Gasteiger partial charge < -0.3 is 14.5 Å². The maximum absolute atomic E-state index is 12.2. The summed E-state index contributed by atoms with van der Waals surface area (Å²) in [6.45, 7) is 3.52. The molecule has 5 heteroatoms. The Bertz CT molecular complexity index is 615. The smallest absolute Gasteiger partial charge is 0.251 e. The lowest BCUT2D eigenvalue weighted by Gasteiger charge is -2.23. The predicted molar refractivity (Wildman–Crippen MR) is 75.9 cm³/mol. The van der Waals surface area contributed by atoms with Crippen molar-refractivity contribution in [3.8, 4) is 0 Å². The molecular weight excluding hydrogens is 254 g/mol. The van der Waals surface area contributed by atoms with Gasteiger partial charge in [0.25, 0.3) is 5.91 Å². The van der Waals surface area contributed by atoms with E-state index in [1.54, 1.807) is 0 Å². The maximum Gasteiger partial charge on any atom is 0.251 e. The van der Waals surface area contributed by atoms with Gasteiger partial charge in [0.05, 0.1) is 5.69 Å². The number of aromatic nitrogens is 2. The van der Waals surface area contributed by atoms with E-state index < -0.39 is 0 Å². The topological polar surface area (TPSA) is 55.6 Å². The molecule has 0 spiro atoms. The molecule has 1 saturated heterocycles. The highest BCUT2D eigenvalue weighted by atomic mass is 16.5. The highest BCUT2D eigenvalue weighted by molar-refractivity contribution is 5.95. The minimum absolute atomic E-state index is 0.0274. The van der Waals surface area contributed by atoms with Crippen molar-refractivity contribution in [2.45, 2.75) is 32.2 Å². The molecular formula is C15H19N3O2. The van der Waals surface area contributed by atoms with Crippen LogP contribution < -0.4 is 5.32 Å². The summed E-state index contributed by atoms with van der Waals surface area (Å²) < 4.78 is 7.24. The molecule has 1 amide bonds. The van der Waals surface area contributed by atoms with Gasteiger partial charge in [0.1, 0.15) is 5.65 Å². The van der Waals surface area contributed by atoms with E-state index in [4.69, 9.17) is 4.74 Å². The summed E-state index contributed by atoms with van der Waals surface area (Å²) in [7, 11) is 0. The summed E-state index contributed by atoms with van der Waals surface area (Å²) in [4.78, 5) is 16.7. The van der Waals surface area contributed by atoms with Gasteiger partial charge in [-0.1, -0.05) is 6.92 Å². The van der Waals surface area contributed by atoms with Crippen molar-refractivity contribution in [2.75, 3.05) is 13.2 Å². The minimum atomic E-state index is -0.0274. The molecule has 0 radical (unpaired) electrons. The van der Waals surface area contributed by atoms with E-state index in [9.17, 15) is 4.79 Å². The number of ether oxygens (including phenoxy) is 1. The van der Waals surface area contributed by atoms with Gasteiger partial charge in [0.15, 0.2) is 0 Å². The van der Waals surface area contributed by atoms with Crippen LogP contribution in [0.25, 0.3) is 5.65 Å². The zero-order chi connectivity index (χ0) is 13.9. The number of hydrogen-bond acceptors (Lipinski definition) is 3. The standard InChI is InChI=1S/C15H19N3O2/c1-2-12-10-18-6-3-11(9-14(18)16-12)15(19)17-13-4-7-20-8-5-13/h3,6,9-10,13H,2,4-5,7-8H2,1H3,(H,17,19). The van der Waals surface area contributed by atoms with Crippen molar-refractivity contribution >= 4 is 11.6 Å². The predicted octanol–water partition coefficient (Wildman–Crippen LogP) is 1.81. The van der Waals surface area contributed by atoms with Gasteiger partial charge in [-0.2, -0.15) is 0 Å². The average Bonchev–Trinajstić information content (AvgIpc) is 2.90. The van der Waals surface area contributed by atoms with Crippen LogP contribution in [0.1, 0.15) is 35.8 Å². The Hall–Kier alpha value is -1.88. The summed E-state index contributed by atoms with van der Waals surface area (Å²) in [5.74, 6) is -0.0274. The number of carbonyl (C=O) groups excluding carboxylic acids is 1. The normalized spacial score (nSPS) is 16.4. The van der Waals surface area contributed by atoms with E-state index in [1.807, 2.05) is 28.9 Å². The lowest BCUT2D eigenvalue weighted by atomic mass is 10.1. The minimum Gasteiger partial charge on any atom is -0.381 e. The molecule has 20 heavy (non-hydrogen) atoms. The lowest BCUT2D eigenvalue weighted by Crippen LogP contribution is -2.38. The van der Waals surface area contributed by atoms with Gasteiger partial charge in [0.2, 0.25) is 0 Å². The number of nitrogens with one attached hydrogen (secondary N) is 1. The number of imidazole rings is 1. The molecule has 5 nitrogen and oxygen atoms in total. The molecule has 1 fully saturated rings.